The Bertz CT molecular complexity index is 1490. The summed E-state index contributed by atoms with van der Waals surface area (Å²) >= 11 is 0. The highest BCUT2D eigenvalue weighted by Crippen LogP contribution is 2.51. The molecule has 0 heterocycles. The van der Waals surface area contributed by atoms with E-state index in [0.717, 1.165) is 0 Å². The zero-order valence-electron chi connectivity index (χ0n) is 21.8. The van der Waals surface area contributed by atoms with Crippen LogP contribution < -0.4 is 10.5 Å². The van der Waals surface area contributed by atoms with Crippen LogP contribution in [0.15, 0.2) is 43.0 Å². The summed E-state index contributed by atoms with van der Waals surface area (Å²) in [4.78, 5) is 65.0. The first-order valence-electron chi connectivity index (χ1n) is 12.9. The fourth-order valence-corrected chi connectivity index (χ4v) is 6.66. The van der Waals surface area contributed by atoms with Crippen molar-refractivity contribution >= 4 is 29.0 Å². The highest BCUT2D eigenvalue weighted by atomic mass is 16.5. The van der Waals surface area contributed by atoms with E-state index in [1.165, 1.54) is 13.2 Å². The molecular formula is C30H29NO9. The van der Waals surface area contributed by atoms with Gasteiger partial charge in [-0.25, -0.2) is 0 Å². The molecule has 3 aliphatic carbocycles. The maximum Gasteiger partial charge on any atom is 0.235 e. The predicted octanol–water partition coefficient (Wildman–Crippen LogP) is 1.61. The average Bonchev–Trinajstić information content (AvgIpc) is 2.90. The molecule has 2 saturated carbocycles. The molecule has 6 atom stereocenters. The number of benzene rings is 2. The third-order valence-electron chi connectivity index (χ3n) is 8.57. The molecule has 0 radical (unpaired) electrons. The van der Waals surface area contributed by atoms with Gasteiger partial charge in [-0.15, -0.1) is 6.58 Å². The van der Waals surface area contributed by atoms with Gasteiger partial charge in [-0.1, -0.05) is 18.2 Å². The molecule has 0 aromatic heterocycles. The Balaban J connectivity index is 1.63. The highest BCUT2D eigenvalue weighted by Gasteiger charge is 2.66. The molecule has 5 N–H and O–H groups in total. The molecule has 0 bridgehead atoms. The van der Waals surface area contributed by atoms with Crippen molar-refractivity contribution < 1.29 is 44.0 Å². The van der Waals surface area contributed by atoms with Crippen molar-refractivity contribution in [3.63, 3.8) is 0 Å². The number of carbonyl (C=O) groups is 5. The molecule has 0 aliphatic heterocycles. The molecule has 1 amide bonds. The molecule has 2 fully saturated rings. The highest BCUT2D eigenvalue weighted by molar-refractivity contribution is 6.31. The van der Waals surface area contributed by atoms with E-state index in [4.69, 9.17) is 10.5 Å². The molecule has 3 aliphatic rings. The first-order chi connectivity index (χ1) is 18.9. The lowest BCUT2D eigenvalue weighted by Crippen LogP contribution is -2.68. The maximum absolute atomic E-state index is 13.8. The van der Waals surface area contributed by atoms with E-state index < -0.39 is 70.8 Å². The minimum atomic E-state index is -2.70. The molecule has 5 rings (SSSR count). The van der Waals surface area contributed by atoms with Crippen molar-refractivity contribution in [2.24, 2.45) is 29.4 Å². The minimum absolute atomic E-state index is 0.00856. The van der Waals surface area contributed by atoms with E-state index in [2.05, 4.69) is 6.58 Å². The minimum Gasteiger partial charge on any atom is -0.507 e. The van der Waals surface area contributed by atoms with Crippen molar-refractivity contribution in [3.05, 3.63) is 59.7 Å². The number of aromatic hydroxyl groups is 1. The number of ether oxygens (including phenoxy) is 1. The number of nitrogens with two attached hydrogens (primary N) is 1. The van der Waals surface area contributed by atoms with Gasteiger partial charge in [0.15, 0.2) is 34.7 Å². The second kappa shape index (κ2) is 9.79. The number of ketones is 4. The van der Waals surface area contributed by atoms with Crippen LogP contribution in [0.4, 0.5) is 0 Å². The molecule has 0 saturated heterocycles. The van der Waals surface area contributed by atoms with Gasteiger partial charge in [0, 0.05) is 17.9 Å². The number of phenols is 1. The monoisotopic (exact) mass is 547 g/mol. The number of carbonyl (C=O) groups excluding carboxylic acids is 5. The Morgan fingerprint density at radius 1 is 1.15 bits per heavy atom. The van der Waals surface area contributed by atoms with Crippen LogP contribution in [-0.4, -0.2) is 57.1 Å². The number of phenolic OH excluding ortho intramolecular Hbond substituents is 1. The van der Waals surface area contributed by atoms with Crippen LogP contribution in [0.25, 0.3) is 11.1 Å². The van der Waals surface area contributed by atoms with Crippen LogP contribution >= 0.6 is 0 Å². The van der Waals surface area contributed by atoms with Gasteiger partial charge in [0.1, 0.15) is 11.5 Å². The fourth-order valence-electron chi connectivity index (χ4n) is 6.66. The van der Waals surface area contributed by atoms with E-state index in [-0.39, 0.29) is 24.2 Å². The van der Waals surface area contributed by atoms with Crippen LogP contribution in [0, 0.1) is 23.7 Å². The molecule has 10 heteroatoms. The molecule has 2 aromatic carbocycles. The lowest BCUT2D eigenvalue weighted by atomic mass is 9.53. The Labute approximate surface area is 229 Å². The van der Waals surface area contributed by atoms with Crippen molar-refractivity contribution in [1.82, 2.24) is 0 Å². The van der Waals surface area contributed by atoms with Gasteiger partial charge in [-0.05, 0) is 60.1 Å². The summed E-state index contributed by atoms with van der Waals surface area (Å²) in [5.74, 6) is -10.3. The van der Waals surface area contributed by atoms with Crippen LogP contribution in [0.5, 0.6) is 11.5 Å². The molecular weight excluding hydrogens is 518 g/mol. The Morgan fingerprint density at radius 2 is 1.88 bits per heavy atom. The molecule has 40 heavy (non-hydrogen) atoms. The van der Waals surface area contributed by atoms with Crippen LogP contribution in [0.1, 0.15) is 46.9 Å². The van der Waals surface area contributed by atoms with E-state index in [1.807, 2.05) is 0 Å². The van der Waals surface area contributed by atoms with Crippen molar-refractivity contribution in [2.75, 3.05) is 7.11 Å². The first kappa shape index (κ1) is 27.4. The van der Waals surface area contributed by atoms with Gasteiger partial charge in [-0.2, -0.15) is 0 Å². The lowest BCUT2D eigenvalue weighted by Gasteiger charge is -2.48. The first-order valence-corrected chi connectivity index (χ1v) is 12.9. The Morgan fingerprint density at radius 3 is 2.52 bits per heavy atom. The second-order valence-electron chi connectivity index (χ2n) is 10.7. The maximum atomic E-state index is 13.8. The van der Waals surface area contributed by atoms with E-state index >= 15 is 0 Å². The summed E-state index contributed by atoms with van der Waals surface area (Å²) in [6.45, 7) is 3.66. The van der Waals surface area contributed by atoms with E-state index in [1.54, 1.807) is 30.3 Å². The molecule has 208 valence electrons. The van der Waals surface area contributed by atoms with Gasteiger partial charge in [0.25, 0.3) is 0 Å². The number of Topliss-reactive ketones (excluding diaryl/α,β-unsaturated/α-hetero) is 4. The van der Waals surface area contributed by atoms with Crippen molar-refractivity contribution in [1.29, 1.82) is 0 Å². The van der Waals surface area contributed by atoms with Crippen LogP contribution in [-0.2, 0) is 25.6 Å². The molecule has 3 unspecified atom stereocenters. The number of aliphatic hydroxyl groups excluding tert-OH is 1. The third-order valence-corrected chi connectivity index (χ3v) is 8.57. The number of primary amides is 1. The van der Waals surface area contributed by atoms with E-state index in [0.29, 0.717) is 34.4 Å². The Kier molecular flexibility index (Phi) is 6.71. The summed E-state index contributed by atoms with van der Waals surface area (Å²) in [5, 5.41) is 32.6. The summed E-state index contributed by atoms with van der Waals surface area (Å²) in [6.07, 6.45) is 0.769. The summed E-state index contributed by atoms with van der Waals surface area (Å²) in [7, 11) is 1.48. The van der Waals surface area contributed by atoms with E-state index in [9.17, 15) is 39.3 Å². The van der Waals surface area contributed by atoms with Crippen LogP contribution in [0.2, 0.25) is 0 Å². The summed E-state index contributed by atoms with van der Waals surface area (Å²) in [6, 6.07) is 8.06. The summed E-state index contributed by atoms with van der Waals surface area (Å²) in [5.41, 5.74) is 4.54. The topological polar surface area (TPSA) is 181 Å². The molecule has 0 spiro atoms. The van der Waals surface area contributed by atoms with Gasteiger partial charge in [-0.3, -0.25) is 24.0 Å². The standard InChI is InChI=1S/C30H29NO9/c1-3-4-19(32)13-5-8-22(40-2)17(10-13)16-6-7-20(33)24-18(16)11-14-9-15-12-21(34)25(29(31)38)28(37)30(15,39)27(36)23(14)26(24)35/h3,5-8,10,14-15,19,23,25,32-33,39H,1,4,9,11-12H2,2H3,(H2,31,38)/t14-,15+,19?,23?,25?,30+/m1/s1. The number of hydrogen-bond donors (Lipinski definition) is 4. The molecule has 2 aromatic rings. The Hall–Kier alpha value is -4.15. The average molecular weight is 548 g/mol. The number of amides is 1. The molecule has 10 nitrogen and oxygen atoms in total. The van der Waals surface area contributed by atoms with Gasteiger partial charge < -0.3 is 25.8 Å². The summed E-state index contributed by atoms with van der Waals surface area (Å²) < 4.78 is 5.55. The van der Waals surface area contributed by atoms with Gasteiger partial charge >= 0.3 is 0 Å². The number of fused-ring (bicyclic) bond motifs is 3. The predicted molar refractivity (Wildman–Crippen MR) is 140 cm³/mol. The number of hydrogen-bond acceptors (Lipinski definition) is 9. The number of rotatable bonds is 6. The van der Waals surface area contributed by atoms with Crippen molar-refractivity contribution in [2.45, 2.75) is 37.4 Å². The van der Waals surface area contributed by atoms with Gasteiger partial charge in [0.05, 0.1) is 24.7 Å². The number of methoxy groups -OCH3 is 1. The van der Waals surface area contributed by atoms with Crippen molar-refractivity contribution in [3.8, 4) is 22.6 Å². The van der Waals surface area contributed by atoms with Gasteiger partial charge in [0.2, 0.25) is 5.91 Å². The smallest absolute Gasteiger partial charge is 0.235 e. The third kappa shape index (κ3) is 3.89. The lowest BCUT2D eigenvalue weighted by molar-refractivity contribution is -0.175. The normalized spacial score (nSPS) is 28.3. The SMILES string of the molecule is C=CCC(O)c1ccc(OC)c(-c2ccc(O)c3c2C[C@H]2C[C@H]4CC(=O)C(C(N)=O)C(=O)[C@@]4(O)C(=O)C2C3=O)c1. The quantitative estimate of drug-likeness (QED) is 0.308. The second-order valence-corrected chi connectivity index (χ2v) is 10.7. The van der Waals surface area contributed by atoms with Crippen LogP contribution in [0.3, 0.4) is 0 Å². The fraction of sp³-hybridized carbons (Fsp3) is 0.367. The largest absolute Gasteiger partial charge is 0.507 e. The number of aliphatic hydroxyl groups is 2. The zero-order chi connectivity index (χ0) is 29.1. The zero-order valence-corrected chi connectivity index (χ0v) is 21.8.